The molecule has 2 heterocycles. The number of hydrogen-bond acceptors (Lipinski definition) is 6. The first-order valence-corrected chi connectivity index (χ1v) is 14.9. The van der Waals surface area contributed by atoms with Gasteiger partial charge in [0.2, 0.25) is 15.9 Å². The Morgan fingerprint density at radius 2 is 1.79 bits per heavy atom. The SMILES string of the molecule is CCCCN(CCCNC(=O)CN1C(=O)COc2ccc(S(=O)(=O)N3CCCC3)cc21)Cc1ccccc1. The number of benzene rings is 2. The first-order valence-electron chi connectivity index (χ1n) is 13.5. The first-order chi connectivity index (χ1) is 18.4. The quantitative estimate of drug-likeness (QED) is 0.391. The summed E-state index contributed by atoms with van der Waals surface area (Å²) in [6.07, 6.45) is 4.70. The number of carbonyl (C=O) groups is 2. The summed E-state index contributed by atoms with van der Waals surface area (Å²) < 4.78 is 33.0. The van der Waals surface area contributed by atoms with E-state index in [0.29, 0.717) is 31.1 Å². The second-order valence-electron chi connectivity index (χ2n) is 9.83. The second-order valence-corrected chi connectivity index (χ2v) is 11.8. The summed E-state index contributed by atoms with van der Waals surface area (Å²) in [5, 5.41) is 2.92. The molecule has 1 saturated heterocycles. The second kappa shape index (κ2) is 13.2. The van der Waals surface area contributed by atoms with E-state index in [-0.39, 0.29) is 29.9 Å². The number of rotatable bonds is 13. The van der Waals surface area contributed by atoms with E-state index in [1.54, 1.807) is 6.07 Å². The van der Waals surface area contributed by atoms with Crippen molar-refractivity contribution < 1.29 is 22.7 Å². The molecule has 2 aromatic carbocycles. The normalized spacial score (nSPS) is 15.9. The minimum Gasteiger partial charge on any atom is -0.482 e. The molecule has 4 rings (SSSR count). The molecular formula is C28H38N4O5S. The van der Waals surface area contributed by atoms with E-state index in [1.165, 1.54) is 26.9 Å². The minimum atomic E-state index is -3.66. The third-order valence-electron chi connectivity index (χ3n) is 6.93. The lowest BCUT2D eigenvalue weighted by atomic mass is 10.2. The average molecular weight is 543 g/mol. The van der Waals surface area contributed by atoms with Crippen LogP contribution in [0.5, 0.6) is 5.75 Å². The van der Waals surface area contributed by atoms with Crippen LogP contribution >= 0.6 is 0 Å². The van der Waals surface area contributed by atoms with Crippen LogP contribution in [0.3, 0.4) is 0 Å². The summed E-state index contributed by atoms with van der Waals surface area (Å²) in [5.41, 5.74) is 1.58. The van der Waals surface area contributed by atoms with Gasteiger partial charge in [-0.3, -0.25) is 19.4 Å². The average Bonchev–Trinajstić information content (AvgIpc) is 3.48. The molecule has 2 aliphatic rings. The zero-order valence-electron chi connectivity index (χ0n) is 22.1. The highest BCUT2D eigenvalue weighted by molar-refractivity contribution is 7.89. The van der Waals surface area contributed by atoms with E-state index in [0.717, 1.165) is 51.7 Å². The number of anilines is 1. The fourth-order valence-electron chi connectivity index (χ4n) is 4.82. The molecule has 10 heteroatoms. The molecule has 0 bridgehead atoms. The molecule has 0 aromatic heterocycles. The van der Waals surface area contributed by atoms with Gasteiger partial charge in [0.05, 0.1) is 10.6 Å². The number of unbranched alkanes of at least 4 members (excludes halogenated alkanes) is 1. The fraction of sp³-hybridized carbons (Fsp3) is 0.500. The van der Waals surface area contributed by atoms with Crippen LogP contribution in [-0.2, 0) is 26.2 Å². The zero-order chi connectivity index (χ0) is 27.0. The van der Waals surface area contributed by atoms with Gasteiger partial charge in [-0.05, 0) is 56.0 Å². The number of nitrogens with one attached hydrogen (secondary N) is 1. The molecule has 0 aliphatic carbocycles. The van der Waals surface area contributed by atoms with Crippen molar-refractivity contribution in [2.45, 2.75) is 50.5 Å². The van der Waals surface area contributed by atoms with Gasteiger partial charge >= 0.3 is 0 Å². The van der Waals surface area contributed by atoms with Crippen LogP contribution in [0.1, 0.15) is 44.6 Å². The number of sulfonamides is 1. The third kappa shape index (κ3) is 7.12. The van der Waals surface area contributed by atoms with E-state index in [4.69, 9.17) is 4.74 Å². The van der Waals surface area contributed by atoms with E-state index in [1.807, 2.05) is 18.2 Å². The van der Waals surface area contributed by atoms with Crippen molar-refractivity contribution in [3.05, 3.63) is 54.1 Å². The highest BCUT2D eigenvalue weighted by Crippen LogP contribution is 2.35. The van der Waals surface area contributed by atoms with E-state index >= 15 is 0 Å². The molecule has 0 spiro atoms. The van der Waals surface area contributed by atoms with Gasteiger partial charge in [-0.2, -0.15) is 4.31 Å². The lowest BCUT2D eigenvalue weighted by Crippen LogP contribution is -2.45. The van der Waals surface area contributed by atoms with Gasteiger partial charge in [0.1, 0.15) is 12.3 Å². The number of nitrogens with zero attached hydrogens (tertiary/aromatic N) is 3. The lowest BCUT2D eigenvalue weighted by molar-refractivity contribution is -0.125. The maximum absolute atomic E-state index is 13.0. The van der Waals surface area contributed by atoms with Crippen LogP contribution in [0.2, 0.25) is 0 Å². The summed E-state index contributed by atoms with van der Waals surface area (Å²) in [5.74, 6) is -0.274. The molecule has 38 heavy (non-hydrogen) atoms. The molecule has 206 valence electrons. The maximum atomic E-state index is 13.0. The maximum Gasteiger partial charge on any atom is 0.265 e. The molecule has 0 saturated carbocycles. The van der Waals surface area contributed by atoms with Crippen molar-refractivity contribution in [2.24, 2.45) is 0 Å². The summed E-state index contributed by atoms with van der Waals surface area (Å²) in [7, 11) is -3.66. The van der Waals surface area contributed by atoms with Gasteiger partial charge in [0.15, 0.2) is 6.61 Å². The largest absolute Gasteiger partial charge is 0.482 e. The monoisotopic (exact) mass is 542 g/mol. The highest BCUT2D eigenvalue weighted by atomic mass is 32.2. The molecule has 2 aliphatic heterocycles. The Bertz CT molecular complexity index is 1200. The van der Waals surface area contributed by atoms with E-state index in [2.05, 4.69) is 29.3 Å². The van der Waals surface area contributed by atoms with Gasteiger partial charge in [0.25, 0.3) is 5.91 Å². The molecule has 1 fully saturated rings. The molecule has 9 nitrogen and oxygen atoms in total. The van der Waals surface area contributed by atoms with Gasteiger partial charge in [-0.1, -0.05) is 43.7 Å². The molecule has 1 N–H and O–H groups in total. The Labute approximate surface area is 225 Å². The van der Waals surface area contributed by atoms with Gasteiger partial charge in [0, 0.05) is 32.7 Å². The van der Waals surface area contributed by atoms with Gasteiger partial charge in [-0.25, -0.2) is 8.42 Å². The predicted octanol–water partition coefficient (Wildman–Crippen LogP) is 3.01. The van der Waals surface area contributed by atoms with Crippen molar-refractivity contribution in [1.29, 1.82) is 0 Å². The van der Waals surface area contributed by atoms with Crippen molar-refractivity contribution >= 4 is 27.5 Å². The molecular weight excluding hydrogens is 504 g/mol. The number of carbonyl (C=O) groups excluding carboxylic acids is 2. The fourth-order valence-corrected chi connectivity index (χ4v) is 6.35. The van der Waals surface area contributed by atoms with Crippen LogP contribution < -0.4 is 15.0 Å². The standard InChI is InChI=1S/C28H38N4O5S/c1-2-3-15-30(20-23-10-5-4-6-11-23)16-9-14-29-27(33)21-32-25-19-24(12-13-26(25)37-22-28(32)34)38(35,36)31-17-7-8-18-31/h4-6,10-13,19H,2-3,7-9,14-18,20-22H2,1H3,(H,29,33). The molecule has 2 amide bonds. The third-order valence-corrected chi connectivity index (χ3v) is 8.82. The van der Waals surface area contributed by atoms with Crippen LogP contribution in [0.15, 0.2) is 53.4 Å². The van der Waals surface area contributed by atoms with E-state index in [9.17, 15) is 18.0 Å². The highest BCUT2D eigenvalue weighted by Gasteiger charge is 2.32. The minimum absolute atomic E-state index is 0.104. The lowest BCUT2D eigenvalue weighted by Gasteiger charge is -2.29. The van der Waals surface area contributed by atoms with Crippen molar-refractivity contribution in [3.8, 4) is 5.75 Å². The molecule has 0 unspecified atom stereocenters. The molecule has 2 aromatic rings. The summed E-state index contributed by atoms with van der Waals surface area (Å²) in [6, 6.07) is 14.9. The Kier molecular flexibility index (Phi) is 9.76. The topological polar surface area (TPSA) is 99.3 Å². The van der Waals surface area contributed by atoms with E-state index < -0.39 is 10.0 Å². The number of ether oxygens (including phenoxy) is 1. The van der Waals surface area contributed by atoms with Crippen LogP contribution in [-0.4, -0.2) is 75.3 Å². The number of amides is 2. The van der Waals surface area contributed by atoms with Crippen LogP contribution in [0, 0.1) is 0 Å². The van der Waals surface area contributed by atoms with Crippen molar-refractivity contribution in [1.82, 2.24) is 14.5 Å². The molecule has 0 radical (unpaired) electrons. The number of hydrogen-bond donors (Lipinski definition) is 1. The summed E-state index contributed by atoms with van der Waals surface area (Å²) in [4.78, 5) is 29.3. The zero-order valence-corrected chi connectivity index (χ0v) is 22.9. The van der Waals surface area contributed by atoms with Crippen molar-refractivity contribution in [2.75, 3.05) is 50.8 Å². The number of fused-ring (bicyclic) bond motifs is 1. The predicted molar refractivity (Wildman–Crippen MR) is 147 cm³/mol. The Morgan fingerprint density at radius 1 is 1.05 bits per heavy atom. The first kappa shape index (κ1) is 28.1. The summed E-state index contributed by atoms with van der Waals surface area (Å²) >= 11 is 0. The van der Waals surface area contributed by atoms with Gasteiger partial charge < -0.3 is 10.1 Å². The Hall–Kier alpha value is -2.95. The summed E-state index contributed by atoms with van der Waals surface area (Å²) in [6.45, 7) is 5.99. The van der Waals surface area contributed by atoms with Crippen LogP contribution in [0.25, 0.3) is 0 Å². The van der Waals surface area contributed by atoms with Crippen molar-refractivity contribution in [3.63, 3.8) is 0 Å². The van der Waals surface area contributed by atoms with Crippen LogP contribution in [0.4, 0.5) is 5.69 Å². The Morgan fingerprint density at radius 3 is 2.53 bits per heavy atom. The molecule has 0 atom stereocenters. The Balaban J connectivity index is 1.34. The van der Waals surface area contributed by atoms with Gasteiger partial charge in [-0.15, -0.1) is 0 Å². The smallest absolute Gasteiger partial charge is 0.265 e.